The van der Waals surface area contributed by atoms with E-state index in [9.17, 15) is 5.11 Å². The van der Waals surface area contributed by atoms with E-state index in [2.05, 4.69) is 24.3 Å². The van der Waals surface area contributed by atoms with Gasteiger partial charge in [0.2, 0.25) is 5.13 Å². The van der Waals surface area contributed by atoms with Crippen molar-refractivity contribution in [3.05, 3.63) is 89.3 Å². The van der Waals surface area contributed by atoms with Gasteiger partial charge in [-0.2, -0.15) is 5.10 Å². The van der Waals surface area contributed by atoms with E-state index in [1.807, 2.05) is 52.9 Å². The second-order valence-electron chi connectivity index (χ2n) is 7.65. The molecule has 0 saturated heterocycles. The number of anilines is 1. The molecule has 2 heterocycles. The van der Waals surface area contributed by atoms with E-state index in [-0.39, 0.29) is 11.8 Å². The zero-order valence-corrected chi connectivity index (χ0v) is 19.1. The van der Waals surface area contributed by atoms with E-state index >= 15 is 0 Å². The molecule has 5 rings (SSSR count). The molecule has 0 bridgehead atoms. The van der Waals surface area contributed by atoms with Gasteiger partial charge in [-0.05, 0) is 35.4 Å². The number of methoxy groups -OCH3 is 2. The van der Waals surface area contributed by atoms with Gasteiger partial charge < -0.3 is 14.6 Å². The summed E-state index contributed by atoms with van der Waals surface area (Å²) in [7, 11) is 3.24. The Bertz CT molecular complexity index is 1290. The van der Waals surface area contributed by atoms with Crippen molar-refractivity contribution >= 4 is 22.2 Å². The quantitative estimate of drug-likeness (QED) is 0.391. The van der Waals surface area contributed by atoms with Crippen molar-refractivity contribution in [2.45, 2.75) is 12.5 Å². The number of rotatable bonds is 6. The third-order valence-corrected chi connectivity index (χ3v) is 6.52. The van der Waals surface area contributed by atoms with Gasteiger partial charge in [0.1, 0.15) is 17.2 Å². The van der Waals surface area contributed by atoms with E-state index in [4.69, 9.17) is 19.6 Å². The fourth-order valence-electron chi connectivity index (χ4n) is 3.93. The molecule has 1 aromatic heterocycles. The summed E-state index contributed by atoms with van der Waals surface area (Å²) in [4.78, 5) is 4.83. The van der Waals surface area contributed by atoms with Crippen LogP contribution in [0.5, 0.6) is 17.2 Å². The topological polar surface area (TPSA) is 67.2 Å². The van der Waals surface area contributed by atoms with Crippen LogP contribution in [0, 0.1) is 0 Å². The maximum Gasteiger partial charge on any atom is 0.207 e. The molecule has 0 amide bonds. The number of phenolic OH excluding ortho intramolecular Hbond substituents is 1. The molecular formula is C26H23N3O3S. The fourth-order valence-corrected chi connectivity index (χ4v) is 4.75. The molecule has 0 aliphatic carbocycles. The minimum absolute atomic E-state index is 0.00887. The molecule has 7 heteroatoms. The average Bonchev–Trinajstić information content (AvgIpc) is 3.52. The smallest absolute Gasteiger partial charge is 0.207 e. The molecule has 0 unspecified atom stereocenters. The molecule has 1 atom stereocenters. The minimum atomic E-state index is 0.00887. The Labute approximate surface area is 196 Å². The number of hydrogen-bond donors (Lipinski definition) is 1. The summed E-state index contributed by atoms with van der Waals surface area (Å²) in [6, 6.07) is 23.5. The molecule has 33 heavy (non-hydrogen) atoms. The monoisotopic (exact) mass is 457 g/mol. The normalized spacial score (nSPS) is 15.4. The highest BCUT2D eigenvalue weighted by atomic mass is 32.1. The van der Waals surface area contributed by atoms with Crippen molar-refractivity contribution in [2.24, 2.45) is 5.10 Å². The van der Waals surface area contributed by atoms with Gasteiger partial charge in [-0.15, -0.1) is 11.3 Å². The number of hydrazone groups is 1. The summed E-state index contributed by atoms with van der Waals surface area (Å²) in [6.07, 6.45) is 0.763. The molecule has 1 N–H and O–H groups in total. The Morgan fingerprint density at radius 2 is 1.67 bits per heavy atom. The minimum Gasteiger partial charge on any atom is -0.507 e. The molecule has 1 aliphatic rings. The zero-order valence-electron chi connectivity index (χ0n) is 18.3. The Kier molecular flexibility index (Phi) is 5.71. The number of aromatic nitrogens is 1. The van der Waals surface area contributed by atoms with Gasteiger partial charge in [0.15, 0.2) is 0 Å². The van der Waals surface area contributed by atoms with Crippen LogP contribution in [0.2, 0.25) is 0 Å². The number of nitrogens with zero attached hydrogens (tertiary/aromatic N) is 3. The van der Waals surface area contributed by atoms with Crippen molar-refractivity contribution in [1.82, 2.24) is 4.98 Å². The first-order valence-corrected chi connectivity index (χ1v) is 11.4. The highest BCUT2D eigenvalue weighted by Gasteiger charge is 2.32. The highest BCUT2D eigenvalue weighted by Crippen LogP contribution is 2.41. The van der Waals surface area contributed by atoms with E-state index in [0.29, 0.717) is 17.0 Å². The number of phenols is 1. The number of benzene rings is 3. The molecule has 0 spiro atoms. The van der Waals surface area contributed by atoms with Gasteiger partial charge in [0.05, 0.1) is 31.7 Å². The Balaban J connectivity index is 1.52. The van der Waals surface area contributed by atoms with Gasteiger partial charge in [-0.3, -0.25) is 0 Å². The molecule has 166 valence electrons. The van der Waals surface area contributed by atoms with Crippen molar-refractivity contribution in [1.29, 1.82) is 0 Å². The van der Waals surface area contributed by atoms with Crippen LogP contribution in [0.3, 0.4) is 0 Å². The second-order valence-corrected chi connectivity index (χ2v) is 8.49. The molecule has 0 saturated carbocycles. The molecule has 0 radical (unpaired) electrons. The lowest BCUT2D eigenvalue weighted by Gasteiger charge is -2.21. The lowest BCUT2D eigenvalue weighted by atomic mass is 9.98. The molecular weight excluding hydrogens is 434 g/mol. The summed E-state index contributed by atoms with van der Waals surface area (Å²) in [5.41, 5.74) is 4.61. The van der Waals surface area contributed by atoms with Gasteiger partial charge in [-0.1, -0.05) is 42.5 Å². The first-order valence-electron chi connectivity index (χ1n) is 10.6. The predicted octanol–water partition coefficient (Wildman–Crippen LogP) is 5.89. The van der Waals surface area contributed by atoms with Crippen LogP contribution in [-0.4, -0.2) is 30.0 Å². The first-order chi connectivity index (χ1) is 16.2. The standard InChI is InChI=1S/C26H23N3O3S/c1-31-19-10-8-18(9-11-19)24-15-22(17-6-4-3-5-7-17)28-29(24)26-27-23(16-33-26)21-13-12-20(32-2)14-25(21)30/h3-14,16,24,30H,15H2,1-2H3/t24-/m0/s1. The fraction of sp³-hybridized carbons (Fsp3) is 0.154. The molecule has 3 aromatic carbocycles. The van der Waals surface area contributed by atoms with E-state index in [1.54, 1.807) is 20.3 Å². The van der Waals surface area contributed by atoms with Crippen LogP contribution in [-0.2, 0) is 0 Å². The Morgan fingerprint density at radius 1 is 0.939 bits per heavy atom. The van der Waals surface area contributed by atoms with E-state index in [1.165, 1.54) is 11.3 Å². The SMILES string of the molecule is COc1ccc([C@@H]2CC(c3ccccc3)=NN2c2nc(-c3ccc(OC)cc3O)cs2)cc1. The Hall–Kier alpha value is -3.84. The summed E-state index contributed by atoms with van der Waals surface area (Å²) in [5, 5.41) is 20.1. The third-order valence-electron chi connectivity index (χ3n) is 5.69. The predicted molar refractivity (Wildman–Crippen MR) is 132 cm³/mol. The summed E-state index contributed by atoms with van der Waals surface area (Å²) in [5.74, 6) is 1.55. The van der Waals surface area contributed by atoms with Crippen molar-refractivity contribution in [3.63, 3.8) is 0 Å². The number of thiazole rings is 1. The third kappa shape index (κ3) is 4.15. The molecule has 1 aliphatic heterocycles. The molecule has 0 fully saturated rings. The largest absolute Gasteiger partial charge is 0.507 e. The van der Waals surface area contributed by atoms with Gasteiger partial charge in [-0.25, -0.2) is 9.99 Å². The molecule has 6 nitrogen and oxygen atoms in total. The molecule has 4 aromatic rings. The van der Waals surface area contributed by atoms with Crippen molar-refractivity contribution in [2.75, 3.05) is 19.2 Å². The van der Waals surface area contributed by atoms with Crippen LogP contribution < -0.4 is 14.5 Å². The maximum atomic E-state index is 10.5. The van der Waals surface area contributed by atoms with Crippen LogP contribution in [0.4, 0.5) is 5.13 Å². The van der Waals surface area contributed by atoms with Gasteiger partial charge in [0.25, 0.3) is 0 Å². The lowest BCUT2D eigenvalue weighted by Crippen LogP contribution is -2.18. The number of ether oxygens (including phenoxy) is 2. The first kappa shape index (κ1) is 21.0. The van der Waals surface area contributed by atoms with Crippen molar-refractivity contribution < 1.29 is 14.6 Å². The average molecular weight is 458 g/mol. The van der Waals surface area contributed by atoms with Gasteiger partial charge >= 0.3 is 0 Å². The summed E-state index contributed by atoms with van der Waals surface area (Å²) < 4.78 is 10.5. The lowest BCUT2D eigenvalue weighted by molar-refractivity contribution is 0.408. The van der Waals surface area contributed by atoms with Gasteiger partial charge in [0, 0.05) is 23.4 Å². The zero-order chi connectivity index (χ0) is 22.8. The number of hydrogen-bond acceptors (Lipinski definition) is 7. The van der Waals surface area contributed by atoms with Crippen LogP contribution in [0.1, 0.15) is 23.6 Å². The number of aromatic hydroxyl groups is 1. The van der Waals surface area contributed by atoms with Crippen LogP contribution >= 0.6 is 11.3 Å². The second kappa shape index (κ2) is 8.96. The van der Waals surface area contributed by atoms with E-state index < -0.39 is 0 Å². The van der Waals surface area contributed by atoms with Crippen LogP contribution in [0.25, 0.3) is 11.3 Å². The maximum absolute atomic E-state index is 10.5. The summed E-state index contributed by atoms with van der Waals surface area (Å²) in [6.45, 7) is 0. The van der Waals surface area contributed by atoms with E-state index in [0.717, 1.165) is 34.1 Å². The Morgan fingerprint density at radius 3 is 2.36 bits per heavy atom. The highest BCUT2D eigenvalue weighted by molar-refractivity contribution is 7.14. The van der Waals surface area contributed by atoms with Crippen molar-refractivity contribution in [3.8, 4) is 28.5 Å². The van der Waals surface area contributed by atoms with Crippen LogP contribution in [0.15, 0.2) is 83.3 Å². The summed E-state index contributed by atoms with van der Waals surface area (Å²) >= 11 is 1.50.